The molecule has 3 aromatic carbocycles. The summed E-state index contributed by atoms with van der Waals surface area (Å²) in [5, 5.41) is 56.4. The van der Waals surface area contributed by atoms with Crippen molar-refractivity contribution in [2.45, 2.75) is 112 Å². The third kappa shape index (κ3) is 11.2. The largest absolute Gasteiger partial charge is 0.387 e. The Balaban J connectivity index is 1.20. The molecule has 3 aliphatic rings. The van der Waals surface area contributed by atoms with E-state index >= 15 is 0 Å². The van der Waals surface area contributed by atoms with Crippen LogP contribution in [0.25, 0.3) is 0 Å². The van der Waals surface area contributed by atoms with Gasteiger partial charge in [0.1, 0.15) is 73.2 Å². The van der Waals surface area contributed by atoms with Crippen molar-refractivity contribution >= 4 is 0 Å². The van der Waals surface area contributed by atoms with E-state index in [0.717, 1.165) is 16.7 Å². The van der Waals surface area contributed by atoms with Crippen LogP contribution in [0, 0.1) is 0 Å². The maximum absolute atomic E-state index is 11.8. The molecule has 3 heterocycles. The SMILES string of the molecule is CO[C@@H]1[C@H](O)[C@@H](O[C@H]2[C@H](OC)[C@H](O)[C@@H](O[C@H]3[C@H](O)[C@H](OC)[C@@H](O)O[C@@H]3COCc3ccccc3)O[C@@H]2COCc2ccccc2)O[C@H](COCc2ccccc2)[C@H]1O. The highest BCUT2D eigenvalue weighted by Gasteiger charge is 2.54. The molecule has 3 aliphatic heterocycles. The maximum Gasteiger partial charge on any atom is 0.187 e. The first-order valence-electron chi connectivity index (χ1n) is 19.3. The van der Waals surface area contributed by atoms with Crippen molar-refractivity contribution in [1.82, 2.24) is 0 Å². The molecule has 0 unspecified atom stereocenters. The van der Waals surface area contributed by atoms with E-state index in [0.29, 0.717) is 0 Å². The van der Waals surface area contributed by atoms with E-state index in [1.807, 2.05) is 91.0 Å². The van der Waals surface area contributed by atoms with Gasteiger partial charge in [0.15, 0.2) is 18.9 Å². The normalized spacial score (nSPS) is 35.5. The first kappa shape index (κ1) is 44.6. The molecule has 3 fully saturated rings. The van der Waals surface area contributed by atoms with Gasteiger partial charge < -0.3 is 77.6 Å². The third-order valence-electron chi connectivity index (χ3n) is 10.5. The lowest BCUT2D eigenvalue weighted by molar-refractivity contribution is -0.381. The van der Waals surface area contributed by atoms with Gasteiger partial charge in [0.25, 0.3) is 0 Å². The van der Waals surface area contributed by atoms with Gasteiger partial charge >= 0.3 is 0 Å². The van der Waals surface area contributed by atoms with E-state index in [9.17, 15) is 25.5 Å². The Bertz CT molecular complexity index is 1590. The molecule has 3 saturated heterocycles. The molecule has 0 amide bonds. The summed E-state index contributed by atoms with van der Waals surface area (Å²) in [6.45, 7) is 0.401. The van der Waals surface area contributed by atoms with Crippen LogP contribution in [0.1, 0.15) is 16.7 Å². The average molecular weight is 817 g/mol. The fourth-order valence-electron chi connectivity index (χ4n) is 7.39. The molecule has 0 bridgehead atoms. The molecule has 6 rings (SSSR count). The zero-order valence-electron chi connectivity index (χ0n) is 32.8. The summed E-state index contributed by atoms with van der Waals surface area (Å²) < 4.78 is 65.6. The number of hydrogen-bond donors (Lipinski definition) is 5. The van der Waals surface area contributed by atoms with E-state index < -0.39 is 92.1 Å². The summed E-state index contributed by atoms with van der Waals surface area (Å²) in [7, 11) is 4.03. The molecule has 0 aromatic heterocycles. The van der Waals surface area contributed by atoms with E-state index in [2.05, 4.69) is 0 Å². The summed E-state index contributed by atoms with van der Waals surface area (Å²) in [6.07, 6.45) is -19.0. The first-order chi connectivity index (χ1) is 28.2. The predicted octanol–water partition coefficient (Wildman–Crippen LogP) is 1.06. The zero-order chi connectivity index (χ0) is 41.0. The van der Waals surface area contributed by atoms with E-state index in [-0.39, 0.29) is 39.6 Å². The topological polar surface area (TPSA) is 203 Å². The minimum Gasteiger partial charge on any atom is -0.387 e. The van der Waals surface area contributed by atoms with Gasteiger partial charge in [0.2, 0.25) is 0 Å². The highest BCUT2D eigenvalue weighted by Crippen LogP contribution is 2.34. The molecule has 5 N–H and O–H groups in total. The van der Waals surface area contributed by atoms with Crippen molar-refractivity contribution in [3.05, 3.63) is 108 Å². The van der Waals surface area contributed by atoms with Gasteiger partial charge in [-0.3, -0.25) is 0 Å². The number of methoxy groups -OCH3 is 3. The summed E-state index contributed by atoms with van der Waals surface area (Å²) in [5.41, 5.74) is 2.70. The number of benzene rings is 3. The standard InChI is InChI=1S/C42H56O16/c1-48-37-31(43)28(22-51-19-25-13-7-4-8-14-25)55-41(33(37)45)58-36-30(24-53-21-27-17-11-6-12-18-27)56-42(34(46)38(36)49-2)57-35-29(54-40(47)39(50-3)32(35)44)23-52-20-26-15-9-5-10-16-26/h4-18,28-47H,19-24H2,1-3H3/t28-,29-,30-,31-,32+,33+,34+,35-,36-,37+,38-,39+,40+,41-,42-/m1/s1. The van der Waals surface area contributed by atoms with Crippen molar-refractivity contribution in [3.8, 4) is 0 Å². The third-order valence-corrected chi connectivity index (χ3v) is 10.5. The fraction of sp³-hybridized carbons (Fsp3) is 0.571. The minimum absolute atomic E-state index is 0.0568. The highest BCUT2D eigenvalue weighted by atomic mass is 16.8. The number of rotatable bonds is 19. The van der Waals surface area contributed by atoms with Crippen molar-refractivity contribution < 1.29 is 77.6 Å². The number of aliphatic hydroxyl groups excluding tert-OH is 5. The smallest absolute Gasteiger partial charge is 0.187 e. The molecule has 320 valence electrons. The lowest BCUT2D eigenvalue weighted by Gasteiger charge is -2.49. The van der Waals surface area contributed by atoms with Gasteiger partial charge in [-0.2, -0.15) is 0 Å². The molecule has 0 spiro atoms. The predicted molar refractivity (Wildman–Crippen MR) is 203 cm³/mol. The summed E-state index contributed by atoms with van der Waals surface area (Å²) in [5.74, 6) is 0. The van der Waals surface area contributed by atoms with Gasteiger partial charge in [-0.1, -0.05) is 91.0 Å². The second kappa shape index (κ2) is 22.0. The van der Waals surface area contributed by atoms with Gasteiger partial charge in [0, 0.05) is 21.3 Å². The van der Waals surface area contributed by atoms with Crippen molar-refractivity contribution in [2.24, 2.45) is 0 Å². The summed E-state index contributed by atoms with van der Waals surface area (Å²) in [6, 6.07) is 28.4. The van der Waals surface area contributed by atoms with Gasteiger partial charge in [-0.15, -0.1) is 0 Å². The molecular weight excluding hydrogens is 760 g/mol. The van der Waals surface area contributed by atoms with Gasteiger partial charge in [0.05, 0.1) is 39.6 Å². The Morgan fingerprint density at radius 3 is 1.28 bits per heavy atom. The quantitative estimate of drug-likeness (QED) is 0.115. The van der Waals surface area contributed by atoms with Crippen LogP contribution in [-0.2, 0) is 71.9 Å². The van der Waals surface area contributed by atoms with Crippen LogP contribution in [0.4, 0.5) is 0 Å². The van der Waals surface area contributed by atoms with Crippen LogP contribution in [0.15, 0.2) is 91.0 Å². The summed E-state index contributed by atoms with van der Waals surface area (Å²) >= 11 is 0. The van der Waals surface area contributed by atoms with Crippen LogP contribution >= 0.6 is 0 Å². The molecular formula is C42H56O16. The fourth-order valence-corrected chi connectivity index (χ4v) is 7.39. The Morgan fingerprint density at radius 2 is 0.810 bits per heavy atom. The number of ether oxygens (including phenoxy) is 11. The second-order valence-electron chi connectivity index (χ2n) is 14.4. The molecule has 0 radical (unpaired) electrons. The number of hydrogen-bond acceptors (Lipinski definition) is 16. The minimum atomic E-state index is -1.55. The van der Waals surface area contributed by atoms with Gasteiger partial charge in [-0.25, -0.2) is 0 Å². The van der Waals surface area contributed by atoms with E-state index in [4.69, 9.17) is 52.1 Å². The Hall–Kier alpha value is -2.98. The van der Waals surface area contributed by atoms with Crippen LogP contribution in [0.2, 0.25) is 0 Å². The zero-order valence-corrected chi connectivity index (χ0v) is 32.8. The highest BCUT2D eigenvalue weighted by molar-refractivity contribution is 5.15. The maximum atomic E-state index is 11.8. The molecule has 0 aliphatic carbocycles. The van der Waals surface area contributed by atoms with E-state index in [1.54, 1.807) is 0 Å². The summed E-state index contributed by atoms with van der Waals surface area (Å²) in [4.78, 5) is 0. The first-order valence-corrected chi connectivity index (χ1v) is 19.3. The average Bonchev–Trinajstić information content (AvgIpc) is 3.23. The van der Waals surface area contributed by atoms with Gasteiger partial charge in [-0.05, 0) is 16.7 Å². The van der Waals surface area contributed by atoms with E-state index in [1.165, 1.54) is 21.3 Å². The Kier molecular flexibility index (Phi) is 16.9. The van der Waals surface area contributed by atoms with Crippen molar-refractivity contribution in [3.63, 3.8) is 0 Å². The second-order valence-corrected chi connectivity index (χ2v) is 14.4. The van der Waals surface area contributed by atoms with Crippen LogP contribution in [-0.4, -0.2) is 159 Å². The van der Waals surface area contributed by atoms with Crippen LogP contribution < -0.4 is 0 Å². The molecule has 58 heavy (non-hydrogen) atoms. The monoisotopic (exact) mass is 816 g/mol. The molecule has 15 atom stereocenters. The van der Waals surface area contributed by atoms with Crippen molar-refractivity contribution in [1.29, 1.82) is 0 Å². The van der Waals surface area contributed by atoms with Crippen molar-refractivity contribution in [2.75, 3.05) is 41.2 Å². The number of aliphatic hydroxyl groups is 5. The Morgan fingerprint density at radius 1 is 0.414 bits per heavy atom. The molecule has 0 saturated carbocycles. The molecule has 3 aromatic rings. The Labute approximate surface area is 338 Å². The van der Waals surface area contributed by atoms with Crippen LogP contribution in [0.5, 0.6) is 0 Å². The lowest BCUT2D eigenvalue weighted by atomic mass is 9.95. The lowest BCUT2D eigenvalue weighted by Crippen LogP contribution is -2.67. The molecule has 16 heteroatoms. The molecule has 16 nitrogen and oxygen atoms in total. The van der Waals surface area contributed by atoms with Crippen LogP contribution in [0.3, 0.4) is 0 Å².